The van der Waals surface area contributed by atoms with Gasteiger partial charge in [-0.3, -0.25) is 0 Å². The van der Waals surface area contributed by atoms with Crippen LogP contribution in [0.15, 0.2) is 52.2 Å². The third-order valence-corrected chi connectivity index (χ3v) is 6.06. The molecule has 0 amide bonds. The summed E-state index contributed by atoms with van der Waals surface area (Å²) in [5.41, 5.74) is 2.98. The Labute approximate surface area is 132 Å². The largest absolute Gasteiger partial charge is 0.323 e. The predicted octanol–water partition coefficient (Wildman–Crippen LogP) is 1.60. The number of nitrogens with one attached hydrogen (secondary N) is 2. The Morgan fingerprint density at radius 3 is 2.52 bits per heavy atom. The molecule has 118 valence electrons. The van der Waals surface area contributed by atoms with E-state index in [-0.39, 0.29) is 10.6 Å². The molecule has 0 aliphatic carbocycles. The second-order valence-corrected chi connectivity index (χ2v) is 7.58. The Bertz CT molecular complexity index is 1050. The summed E-state index contributed by atoms with van der Waals surface area (Å²) in [6.45, 7) is 0.835. The summed E-state index contributed by atoms with van der Waals surface area (Å²) in [7, 11) is -3.59. The van der Waals surface area contributed by atoms with Crippen molar-refractivity contribution in [3.05, 3.63) is 64.1 Å². The Morgan fingerprint density at radius 1 is 0.957 bits per heavy atom. The fourth-order valence-corrected chi connectivity index (χ4v) is 4.44. The van der Waals surface area contributed by atoms with Crippen LogP contribution in [0.1, 0.15) is 11.1 Å². The Kier molecular flexibility index (Phi) is 3.14. The van der Waals surface area contributed by atoms with E-state index in [4.69, 9.17) is 0 Å². The highest BCUT2D eigenvalue weighted by Gasteiger charge is 2.28. The molecule has 0 radical (unpaired) electrons. The molecule has 2 heterocycles. The number of imidazole rings is 1. The molecule has 1 aromatic heterocycles. The molecule has 0 saturated heterocycles. The lowest BCUT2D eigenvalue weighted by atomic mass is 10.0. The van der Waals surface area contributed by atoms with Gasteiger partial charge in [-0.1, -0.05) is 24.3 Å². The van der Waals surface area contributed by atoms with Crippen molar-refractivity contribution in [1.82, 2.24) is 14.3 Å². The molecule has 23 heavy (non-hydrogen) atoms. The van der Waals surface area contributed by atoms with Crippen molar-refractivity contribution in [2.24, 2.45) is 0 Å². The maximum Gasteiger partial charge on any atom is 0.323 e. The average Bonchev–Trinajstić information content (AvgIpc) is 2.93. The van der Waals surface area contributed by atoms with Gasteiger partial charge in [0.2, 0.25) is 10.0 Å². The van der Waals surface area contributed by atoms with Crippen molar-refractivity contribution < 1.29 is 8.42 Å². The van der Waals surface area contributed by atoms with Crippen molar-refractivity contribution in [2.45, 2.75) is 17.9 Å². The summed E-state index contributed by atoms with van der Waals surface area (Å²) in [5, 5.41) is 0. The molecule has 7 heteroatoms. The van der Waals surface area contributed by atoms with Gasteiger partial charge >= 0.3 is 5.69 Å². The predicted molar refractivity (Wildman–Crippen MR) is 86.7 cm³/mol. The number of aromatic amines is 2. The number of sulfonamides is 1. The van der Waals surface area contributed by atoms with Crippen molar-refractivity contribution in [3.8, 4) is 0 Å². The SMILES string of the molecule is O=c1[nH]c2ccc(S(=O)(=O)N3CCc4ccccc4C3)cc2[nH]1. The van der Waals surface area contributed by atoms with E-state index in [1.165, 1.54) is 22.0 Å². The topological polar surface area (TPSA) is 86.0 Å². The molecule has 3 aromatic rings. The van der Waals surface area contributed by atoms with Crippen LogP contribution < -0.4 is 5.69 Å². The molecule has 6 nitrogen and oxygen atoms in total. The third kappa shape index (κ3) is 2.38. The van der Waals surface area contributed by atoms with Gasteiger partial charge in [0.15, 0.2) is 0 Å². The van der Waals surface area contributed by atoms with E-state index >= 15 is 0 Å². The number of hydrogen-bond acceptors (Lipinski definition) is 3. The van der Waals surface area contributed by atoms with Crippen LogP contribution in [0.4, 0.5) is 0 Å². The summed E-state index contributed by atoms with van der Waals surface area (Å²) in [4.78, 5) is 16.7. The molecule has 2 N–H and O–H groups in total. The lowest BCUT2D eigenvalue weighted by Crippen LogP contribution is -2.35. The van der Waals surface area contributed by atoms with Gasteiger partial charge < -0.3 is 9.97 Å². The van der Waals surface area contributed by atoms with Crippen LogP contribution in [0.5, 0.6) is 0 Å². The molecule has 2 aromatic carbocycles. The highest BCUT2D eigenvalue weighted by molar-refractivity contribution is 7.89. The van der Waals surface area contributed by atoms with Crippen LogP contribution in [0.25, 0.3) is 11.0 Å². The molecule has 0 bridgehead atoms. The standard InChI is InChI=1S/C16H15N3O3S/c20-16-17-14-6-5-13(9-15(14)18-16)23(21,22)19-8-7-11-3-1-2-4-12(11)10-19/h1-6,9H,7-8,10H2,(H2,17,18,20). The number of nitrogens with zero attached hydrogens (tertiary/aromatic N) is 1. The molecule has 0 unspecified atom stereocenters. The van der Waals surface area contributed by atoms with Crippen molar-refractivity contribution >= 4 is 21.1 Å². The fourth-order valence-electron chi connectivity index (χ4n) is 3.00. The molecular weight excluding hydrogens is 314 g/mol. The van der Waals surface area contributed by atoms with E-state index < -0.39 is 10.0 Å². The molecule has 0 spiro atoms. The molecule has 4 rings (SSSR count). The number of H-pyrrole nitrogens is 2. The Hall–Kier alpha value is -2.38. The first kappa shape index (κ1) is 14.2. The van der Waals surface area contributed by atoms with E-state index in [9.17, 15) is 13.2 Å². The van der Waals surface area contributed by atoms with Crippen LogP contribution in [0, 0.1) is 0 Å². The van der Waals surface area contributed by atoms with Crippen LogP contribution in [0.3, 0.4) is 0 Å². The van der Waals surface area contributed by atoms with Gasteiger partial charge in [-0.15, -0.1) is 0 Å². The minimum Gasteiger partial charge on any atom is -0.306 e. The Morgan fingerprint density at radius 2 is 1.70 bits per heavy atom. The van der Waals surface area contributed by atoms with Gasteiger partial charge in [-0.25, -0.2) is 13.2 Å². The highest BCUT2D eigenvalue weighted by Crippen LogP contribution is 2.25. The molecule has 0 saturated carbocycles. The second-order valence-electron chi connectivity index (χ2n) is 5.64. The van der Waals surface area contributed by atoms with Gasteiger partial charge in [-0.2, -0.15) is 4.31 Å². The summed E-state index contributed by atoms with van der Waals surface area (Å²) >= 11 is 0. The normalized spacial score (nSPS) is 15.7. The first-order valence-corrected chi connectivity index (χ1v) is 8.77. The number of hydrogen-bond donors (Lipinski definition) is 2. The lowest BCUT2D eigenvalue weighted by Gasteiger charge is -2.28. The second kappa shape index (κ2) is 5.07. The van der Waals surface area contributed by atoms with E-state index in [0.29, 0.717) is 30.5 Å². The Balaban J connectivity index is 1.73. The maximum absolute atomic E-state index is 12.9. The van der Waals surface area contributed by atoms with Crippen LogP contribution in [-0.4, -0.2) is 29.2 Å². The van der Waals surface area contributed by atoms with E-state index in [1.54, 1.807) is 6.07 Å². The van der Waals surface area contributed by atoms with Crippen molar-refractivity contribution in [2.75, 3.05) is 6.54 Å². The number of rotatable bonds is 2. The number of benzene rings is 2. The fraction of sp³-hybridized carbons (Fsp3) is 0.188. The monoisotopic (exact) mass is 329 g/mol. The zero-order valence-electron chi connectivity index (χ0n) is 12.2. The van der Waals surface area contributed by atoms with E-state index in [0.717, 1.165) is 5.56 Å². The van der Waals surface area contributed by atoms with Gasteiger partial charge in [0.05, 0.1) is 15.9 Å². The van der Waals surface area contributed by atoms with Gasteiger partial charge in [0, 0.05) is 13.1 Å². The summed E-state index contributed by atoms with van der Waals surface area (Å²) < 4.78 is 27.2. The van der Waals surface area contributed by atoms with Crippen molar-refractivity contribution in [3.63, 3.8) is 0 Å². The summed E-state index contributed by atoms with van der Waals surface area (Å²) in [6, 6.07) is 12.5. The molecule has 0 atom stereocenters. The summed E-state index contributed by atoms with van der Waals surface area (Å²) in [6.07, 6.45) is 0.707. The summed E-state index contributed by atoms with van der Waals surface area (Å²) in [5.74, 6) is 0. The minimum absolute atomic E-state index is 0.194. The zero-order valence-corrected chi connectivity index (χ0v) is 13.1. The van der Waals surface area contributed by atoms with Gasteiger partial charge in [0.25, 0.3) is 0 Å². The number of aromatic nitrogens is 2. The molecule has 0 fully saturated rings. The van der Waals surface area contributed by atoms with Crippen LogP contribution in [-0.2, 0) is 23.0 Å². The van der Waals surface area contributed by atoms with E-state index in [1.807, 2.05) is 24.3 Å². The maximum atomic E-state index is 12.9. The smallest absolute Gasteiger partial charge is 0.306 e. The highest BCUT2D eigenvalue weighted by atomic mass is 32.2. The first-order valence-electron chi connectivity index (χ1n) is 7.33. The van der Waals surface area contributed by atoms with Gasteiger partial charge in [-0.05, 0) is 35.7 Å². The zero-order chi connectivity index (χ0) is 16.0. The third-order valence-electron chi connectivity index (χ3n) is 4.22. The quantitative estimate of drug-likeness (QED) is 0.749. The molecule has 1 aliphatic rings. The molecule has 1 aliphatic heterocycles. The van der Waals surface area contributed by atoms with E-state index in [2.05, 4.69) is 9.97 Å². The average molecular weight is 329 g/mol. The number of fused-ring (bicyclic) bond motifs is 2. The van der Waals surface area contributed by atoms with Crippen LogP contribution >= 0.6 is 0 Å². The minimum atomic E-state index is -3.59. The van der Waals surface area contributed by atoms with Crippen LogP contribution in [0.2, 0.25) is 0 Å². The first-order chi connectivity index (χ1) is 11.0. The van der Waals surface area contributed by atoms with Crippen molar-refractivity contribution in [1.29, 1.82) is 0 Å². The molecular formula is C16H15N3O3S. The lowest BCUT2D eigenvalue weighted by molar-refractivity contribution is 0.391. The van der Waals surface area contributed by atoms with Gasteiger partial charge in [0.1, 0.15) is 0 Å².